The lowest BCUT2D eigenvalue weighted by Crippen LogP contribution is -2.25. The number of esters is 1. The molecule has 0 saturated carbocycles. The Morgan fingerprint density at radius 3 is 2.70 bits per heavy atom. The van der Waals surface area contributed by atoms with Crippen LogP contribution < -0.4 is 10.3 Å². The summed E-state index contributed by atoms with van der Waals surface area (Å²) < 4.78 is 17.0. The monoisotopic (exact) mass is 580 g/mol. The largest absolute Gasteiger partial charge is 0.471 e. The third kappa shape index (κ3) is 5.12. The summed E-state index contributed by atoms with van der Waals surface area (Å²) in [6, 6.07) is 16.0. The molecular weight excluding hydrogens is 563 g/mol. The van der Waals surface area contributed by atoms with Crippen LogP contribution in [0.15, 0.2) is 75.0 Å². The topological polar surface area (TPSA) is 139 Å². The number of halogens is 2. The predicted molar refractivity (Wildman–Crippen MR) is 149 cm³/mol. The number of hydrogen-bond donors (Lipinski definition) is 0. The number of furan rings is 1. The van der Waals surface area contributed by atoms with Gasteiger partial charge in [-0.25, -0.2) is 9.78 Å². The van der Waals surface area contributed by atoms with Crippen LogP contribution in [0.4, 0.5) is 5.69 Å². The SMILES string of the molecule is COC(=O)[C@@H](C)Oc1c(Cl)cc(C=Nn2c(-c3cc4cc(Cl)ccc4o3)nc3ccccc3c2=O)cc1[N+](=O)[O-]. The first-order chi connectivity index (χ1) is 19.2. The summed E-state index contributed by atoms with van der Waals surface area (Å²) >= 11 is 12.4. The lowest BCUT2D eigenvalue weighted by atomic mass is 10.2. The second-order valence-electron chi connectivity index (χ2n) is 8.50. The van der Waals surface area contributed by atoms with Crippen molar-refractivity contribution in [3.8, 4) is 17.3 Å². The third-order valence-corrected chi connectivity index (χ3v) is 6.36. The third-order valence-electron chi connectivity index (χ3n) is 5.85. The minimum Gasteiger partial charge on any atom is -0.471 e. The fourth-order valence-corrected chi connectivity index (χ4v) is 4.40. The molecule has 0 saturated heterocycles. The number of fused-ring (bicyclic) bond motifs is 2. The molecule has 40 heavy (non-hydrogen) atoms. The van der Waals surface area contributed by atoms with E-state index < -0.39 is 28.2 Å². The van der Waals surface area contributed by atoms with Gasteiger partial charge in [0.1, 0.15) is 5.58 Å². The summed E-state index contributed by atoms with van der Waals surface area (Å²) in [7, 11) is 1.16. The van der Waals surface area contributed by atoms with Crippen molar-refractivity contribution in [2.75, 3.05) is 7.11 Å². The van der Waals surface area contributed by atoms with E-state index in [1.165, 1.54) is 19.2 Å². The Hall–Kier alpha value is -4.74. The van der Waals surface area contributed by atoms with Gasteiger partial charge in [0.2, 0.25) is 11.6 Å². The van der Waals surface area contributed by atoms with Crippen LogP contribution >= 0.6 is 23.2 Å². The number of benzene rings is 3. The van der Waals surface area contributed by atoms with Crippen molar-refractivity contribution in [1.29, 1.82) is 0 Å². The highest BCUT2D eigenvalue weighted by Gasteiger charge is 2.25. The Morgan fingerprint density at radius 2 is 1.95 bits per heavy atom. The van der Waals surface area contributed by atoms with Crippen LogP contribution in [0.25, 0.3) is 33.5 Å². The number of nitro groups is 1. The van der Waals surface area contributed by atoms with E-state index in [2.05, 4.69) is 14.8 Å². The van der Waals surface area contributed by atoms with Crippen LogP contribution in [0.5, 0.6) is 5.75 Å². The van der Waals surface area contributed by atoms with Crippen LogP contribution in [0, 0.1) is 10.1 Å². The maximum atomic E-state index is 13.5. The van der Waals surface area contributed by atoms with Gasteiger partial charge in [-0.2, -0.15) is 9.78 Å². The molecular formula is C27H18Cl2N4O7. The molecule has 13 heteroatoms. The van der Waals surface area contributed by atoms with Crippen molar-refractivity contribution in [1.82, 2.24) is 9.66 Å². The Labute approximate surface area is 235 Å². The van der Waals surface area contributed by atoms with Gasteiger partial charge in [-0.1, -0.05) is 35.3 Å². The minimum absolute atomic E-state index is 0.0970. The van der Waals surface area contributed by atoms with Crippen LogP contribution in [-0.4, -0.2) is 40.0 Å². The maximum Gasteiger partial charge on any atom is 0.346 e. The van der Waals surface area contributed by atoms with E-state index in [-0.39, 0.29) is 27.9 Å². The van der Waals surface area contributed by atoms with Crippen LogP contribution in [0.3, 0.4) is 0 Å². The molecule has 0 aliphatic rings. The van der Waals surface area contributed by atoms with Crippen LogP contribution in [0.1, 0.15) is 12.5 Å². The Kier molecular flexibility index (Phi) is 7.24. The lowest BCUT2D eigenvalue weighted by Gasteiger charge is -2.14. The summed E-state index contributed by atoms with van der Waals surface area (Å²) in [4.78, 5) is 40.9. The molecule has 5 aromatic rings. The molecule has 202 valence electrons. The molecule has 5 rings (SSSR count). The van der Waals surface area contributed by atoms with Gasteiger partial charge in [0, 0.05) is 22.0 Å². The summed E-state index contributed by atoms with van der Waals surface area (Å²) in [6.45, 7) is 1.37. The zero-order chi connectivity index (χ0) is 28.6. The number of aromatic nitrogens is 2. The Balaban J connectivity index is 1.63. The highest BCUT2D eigenvalue weighted by Crippen LogP contribution is 2.37. The molecule has 0 radical (unpaired) electrons. The quantitative estimate of drug-likeness (QED) is 0.101. The first-order valence-electron chi connectivity index (χ1n) is 11.6. The maximum absolute atomic E-state index is 13.5. The molecule has 0 N–H and O–H groups in total. The van der Waals surface area contributed by atoms with Gasteiger partial charge in [0.25, 0.3) is 5.56 Å². The van der Waals surface area contributed by atoms with Gasteiger partial charge in [0.05, 0.1) is 34.2 Å². The molecule has 0 bridgehead atoms. The Morgan fingerprint density at radius 1 is 1.18 bits per heavy atom. The molecule has 2 aromatic heterocycles. The fourth-order valence-electron chi connectivity index (χ4n) is 3.96. The van der Waals surface area contributed by atoms with Crippen LogP contribution in [0.2, 0.25) is 10.0 Å². The highest BCUT2D eigenvalue weighted by atomic mass is 35.5. The molecule has 1 atom stereocenters. The van der Waals surface area contributed by atoms with Crippen molar-refractivity contribution in [3.63, 3.8) is 0 Å². The van der Waals surface area contributed by atoms with Gasteiger partial charge in [0.15, 0.2) is 11.9 Å². The number of methoxy groups -OCH3 is 1. The second-order valence-corrected chi connectivity index (χ2v) is 9.34. The molecule has 3 aromatic carbocycles. The zero-order valence-corrected chi connectivity index (χ0v) is 22.3. The van der Waals surface area contributed by atoms with E-state index in [4.69, 9.17) is 32.4 Å². The van der Waals surface area contributed by atoms with Crippen molar-refractivity contribution in [3.05, 3.63) is 96.7 Å². The molecule has 0 fully saturated rings. The number of nitrogens with zero attached hydrogens (tertiary/aromatic N) is 4. The van der Waals surface area contributed by atoms with Gasteiger partial charge >= 0.3 is 11.7 Å². The zero-order valence-electron chi connectivity index (χ0n) is 20.8. The van der Waals surface area contributed by atoms with Crippen molar-refractivity contribution >= 4 is 62.9 Å². The number of carbonyl (C=O) groups is 1. The van der Waals surface area contributed by atoms with Gasteiger partial charge in [-0.15, -0.1) is 0 Å². The molecule has 0 spiro atoms. The van der Waals surface area contributed by atoms with E-state index in [1.54, 1.807) is 48.5 Å². The summed E-state index contributed by atoms with van der Waals surface area (Å²) in [5.41, 5.74) is 0.117. The number of para-hydroxylation sites is 1. The van der Waals surface area contributed by atoms with Crippen molar-refractivity contribution in [2.45, 2.75) is 13.0 Å². The molecule has 0 aliphatic carbocycles. The normalized spacial score (nSPS) is 12.2. The number of nitro benzene ring substituents is 1. The minimum atomic E-state index is -1.15. The smallest absolute Gasteiger partial charge is 0.346 e. The fraction of sp³-hybridized carbons (Fsp3) is 0.111. The average molecular weight is 581 g/mol. The first-order valence-corrected chi connectivity index (χ1v) is 12.4. The molecule has 0 aliphatic heterocycles. The second kappa shape index (κ2) is 10.8. The van der Waals surface area contributed by atoms with E-state index in [9.17, 15) is 19.7 Å². The summed E-state index contributed by atoms with van der Waals surface area (Å²) in [5.74, 6) is -0.700. The molecule has 11 nitrogen and oxygen atoms in total. The number of hydrogen-bond acceptors (Lipinski definition) is 9. The van der Waals surface area contributed by atoms with Gasteiger partial charge in [-0.3, -0.25) is 14.9 Å². The van der Waals surface area contributed by atoms with Crippen LogP contribution in [-0.2, 0) is 9.53 Å². The number of ether oxygens (including phenoxy) is 2. The van der Waals surface area contributed by atoms with Gasteiger partial charge < -0.3 is 13.9 Å². The van der Waals surface area contributed by atoms with E-state index in [0.29, 0.717) is 26.9 Å². The molecule has 0 amide bonds. The van der Waals surface area contributed by atoms with Gasteiger partial charge in [-0.05, 0) is 49.4 Å². The van der Waals surface area contributed by atoms with Crippen molar-refractivity contribution in [2.24, 2.45) is 5.10 Å². The van der Waals surface area contributed by atoms with E-state index >= 15 is 0 Å². The van der Waals surface area contributed by atoms with E-state index in [1.807, 2.05) is 0 Å². The summed E-state index contributed by atoms with van der Waals surface area (Å²) in [6.07, 6.45) is 0.0667. The lowest BCUT2D eigenvalue weighted by molar-refractivity contribution is -0.386. The Bertz CT molecular complexity index is 1900. The van der Waals surface area contributed by atoms with E-state index in [0.717, 1.165) is 17.9 Å². The summed E-state index contributed by atoms with van der Waals surface area (Å²) in [5, 5.41) is 17.4. The number of carbonyl (C=O) groups excluding carboxylic acids is 1. The predicted octanol–water partition coefficient (Wildman–Crippen LogP) is 5.85. The highest BCUT2D eigenvalue weighted by molar-refractivity contribution is 6.32. The first kappa shape index (κ1) is 26.9. The molecule has 2 heterocycles. The average Bonchev–Trinajstić information content (AvgIpc) is 3.36. The number of rotatable bonds is 7. The standard InChI is InChI=1S/C27H18Cl2N4O7/c1-14(27(35)38-2)39-24-19(29)9-15(10-21(24)33(36)37)13-30-32-25(31-20-6-4-3-5-18(20)26(32)34)23-12-16-11-17(28)7-8-22(16)40-23/h3-14H,1-2H3/t14-/m1/s1. The molecule has 0 unspecified atom stereocenters. The van der Waals surface area contributed by atoms with Crippen molar-refractivity contribution < 1.29 is 23.6 Å².